The molecule has 0 saturated heterocycles. The molecule has 1 aliphatic heterocycles. The summed E-state index contributed by atoms with van der Waals surface area (Å²) in [6.07, 6.45) is 4.83. The summed E-state index contributed by atoms with van der Waals surface area (Å²) in [5, 5.41) is 9.78. The molecule has 186 valence electrons. The van der Waals surface area contributed by atoms with Crippen molar-refractivity contribution >= 4 is 15.9 Å². The molecule has 0 radical (unpaired) electrons. The second kappa shape index (κ2) is 10.4. The van der Waals surface area contributed by atoms with E-state index < -0.39 is 22.2 Å². The molecule has 1 aromatic heterocycles. The Hall–Kier alpha value is -2.93. The van der Waals surface area contributed by atoms with Crippen LogP contribution in [0.4, 0.5) is 0 Å². The lowest BCUT2D eigenvalue weighted by atomic mass is 10.0. The number of sulfonamides is 1. The Morgan fingerprint density at radius 3 is 2.66 bits per heavy atom. The molecule has 1 fully saturated rings. The van der Waals surface area contributed by atoms with Gasteiger partial charge in [-0.05, 0) is 50.1 Å². The molecule has 1 aliphatic carbocycles. The van der Waals surface area contributed by atoms with E-state index in [0.717, 1.165) is 12.8 Å². The number of benzene rings is 1. The van der Waals surface area contributed by atoms with Gasteiger partial charge in [-0.25, -0.2) is 8.42 Å². The van der Waals surface area contributed by atoms with Crippen molar-refractivity contribution in [2.24, 2.45) is 11.8 Å². The number of rotatable bonds is 5. The third kappa shape index (κ3) is 5.67. The lowest BCUT2D eigenvalue weighted by Gasteiger charge is -2.37. The highest BCUT2D eigenvalue weighted by molar-refractivity contribution is 7.89. The molecular weight excluding hydrogens is 466 g/mol. The van der Waals surface area contributed by atoms with Crippen molar-refractivity contribution in [3.05, 3.63) is 53.9 Å². The molecule has 9 heteroatoms. The van der Waals surface area contributed by atoms with E-state index in [0.29, 0.717) is 17.0 Å². The zero-order valence-corrected chi connectivity index (χ0v) is 21.0. The van der Waals surface area contributed by atoms with E-state index in [9.17, 15) is 18.3 Å². The number of carbonyl (C=O) groups is 1. The molecule has 35 heavy (non-hydrogen) atoms. The second-order valence-electron chi connectivity index (χ2n) is 9.37. The number of pyridine rings is 1. The van der Waals surface area contributed by atoms with Crippen molar-refractivity contribution in [3.8, 4) is 17.6 Å². The number of hydrogen-bond acceptors (Lipinski definition) is 6. The van der Waals surface area contributed by atoms with Crippen LogP contribution in [0.15, 0.2) is 47.6 Å². The molecule has 1 N–H and O–H groups in total. The summed E-state index contributed by atoms with van der Waals surface area (Å²) >= 11 is 0. The molecule has 1 saturated carbocycles. The van der Waals surface area contributed by atoms with Gasteiger partial charge in [-0.1, -0.05) is 18.8 Å². The summed E-state index contributed by atoms with van der Waals surface area (Å²) < 4.78 is 34.8. The van der Waals surface area contributed by atoms with Crippen LogP contribution in [-0.4, -0.2) is 72.5 Å². The lowest BCUT2D eigenvalue weighted by Crippen LogP contribution is -2.50. The number of aliphatic hydroxyl groups excluding tert-OH is 1. The highest BCUT2D eigenvalue weighted by Crippen LogP contribution is 2.34. The molecule has 2 aliphatic rings. The van der Waals surface area contributed by atoms with Crippen molar-refractivity contribution < 1.29 is 23.1 Å². The van der Waals surface area contributed by atoms with Crippen LogP contribution in [-0.2, 0) is 10.0 Å². The van der Waals surface area contributed by atoms with E-state index >= 15 is 0 Å². The zero-order chi connectivity index (χ0) is 25.2. The van der Waals surface area contributed by atoms with Gasteiger partial charge in [0.2, 0.25) is 10.0 Å². The first-order valence-electron chi connectivity index (χ1n) is 11.8. The number of aliphatic hydroxyl groups is 1. The predicted molar refractivity (Wildman–Crippen MR) is 131 cm³/mol. The number of carbonyl (C=O) groups excluding carboxylic acids is 1. The van der Waals surface area contributed by atoms with Crippen LogP contribution in [0.3, 0.4) is 0 Å². The normalized spacial score (nSPS) is 22.4. The minimum absolute atomic E-state index is 0.0368. The Balaban J connectivity index is 1.69. The van der Waals surface area contributed by atoms with Crippen LogP contribution < -0.4 is 4.74 Å². The highest BCUT2D eigenvalue weighted by atomic mass is 32.2. The summed E-state index contributed by atoms with van der Waals surface area (Å²) in [4.78, 5) is 18.5. The number of nitrogens with zero attached hydrogens (tertiary/aromatic N) is 3. The van der Waals surface area contributed by atoms with Gasteiger partial charge in [0.1, 0.15) is 16.7 Å². The van der Waals surface area contributed by atoms with Crippen molar-refractivity contribution in [1.29, 1.82) is 0 Å². The molecular formula is C26H31N3O5S. The minimum Gasteiger partial charge on any atom is -0.487 e. The van der Waals surface area contributed by atoms with Gasteiger partial charge in [-0.3, -0.25) is 9.78 Å². The van der Waals surface area contributed by atoms with Crippen LogP contribution >= 0.6 is 0 Å². The van der Waals surface area contributed by atoms with Gasteiger partial charge >= 0.3 is 0 Å². The largest absolute Gasteiger partial charge is 0.487 e. The monoisotopic (exact) mass is 497 g/mol. The smallest absolute Gasteiger partial charge is 0.253 e. The summed E-state index contributed by atoms with van der Waals surface area (Å²) in [7, 11) is -2.23. The SMILES string of the molecule is C[C@H]1CN([C@@H](C)CO)S(=O)(=O)c2ccc(C#CC3CC3)cc2O[C@@H]1CN(C)C(=O)c1ccncc1. The number of aromatic nitrogens is 1. The molecule has 3 atom stereocenters. The van der Waals surface area contributed by atoms with Gasteiger partial charge in [0, 0.05) is 55.0 Å². The van der Waals surface area contributed by atoms with Crippen LogP contribution in [0.1, 0.15) is 42.6 Å². The lowest BCUT2D eigenvalue weighted by molar-refractivity contribution is 0.0563. The highest BCUT2D eigenvalue weighted by Gasteiger charge is 2.38. The maximum atomic E-state index is 13.6. The Morgan fingerprint density at radius 1 is 1.29 bits per heavy atom. The standard InChI is InChI=1S/C26H31N3O5S/c1-18-15-29(19(2)17-30)35(32,33)25-9-8-21(7-6-20-4-5-20)14-23(25)34-24(18)16-28(3)26(31)22-10-12-27-13-11-22/h8-14,18-20,24,30H,4-5,15-17H2,1-3H3/t18-,19-,24+/m0/s1. The molecule has 1 amide bonds. The second-order valence-corrected chi connectivity index (χ2v) is 11.2. The number of likely N-dealkylation sites (N-methyl/N-ethyl adjacent to an activating group) is 1. The van der Waals surface area contributed by atoms with Gasteiger partial charge in [0.25, 0.3) is 5.91 Å². The van der Waals surface area contributed by atoms with Gasteiger partial charge in [-0.2, -0.15) is 4.31 Å². The molecule has 1 aromatic carbocycles. The minimum atomic E-state index is -3.92. The third-order valence-electron chi connectivity index (χ3n) is 6.39. The average molecular weight is 498 g/mol. The Kier molecular flexibility index (Phi) is 7.45. The summed E-state index contributed by atoms with van der Waals surface area (Å²) in [6.45, 7) is 3.66. The van der Waals surface area contributed by atoms with Gasteiger partial charge in [-0.15, -0.1) is 0 Å². The number of amides is 1. The fourth-order valence-electron chi connectivity index (χ4n) is 4.00. The fraction of sp³-hybridized carbons (Fsp3) is 0.462. The van der Waals surface area contributed by atoms with E-state index in [-0.39, 0.29) is 42.2 Å². The molecule has 4 rings (SSSR count). The first-order chi connectivity index (χ1) is 16.7. The van der Waals surface area contributed by atoms with E-state index in [2.05, 4.69) is 16.8 Å². The molecule has 0 bridgehead atoms. The zero-order valence-electron chi connectivity index (χ0n) is 20.2. The molecule has 0 unspecified atom stereocenters. The molecule has 2 heterocycles. The molecule has 0 spiro atoms. The number of ether oxygens (including phenoxy) is 1. The van der Waals surface area contributed by atoms with Crippen molar-refractivity contribution in [1.82, 2.24) is 14.2 Å². The van der Waals surface area contributed by atoms with Gasteiger partial charge in [0.15, 0.2) is 0 Å². The summed E-state index contributed by atoms with van der Waals surface area (Å²) in [6, 6.07) is 7.57. The van der Waals surface area contributed by atoms with Crippen LogP contribution in [0.5, 0.6) is 5.75 Å². The van der Waals surface area contributed by atoms with Crippen LogP contribution in [0.2, 0.25) is 0 Å². The van der Waals surface area contributed by atoms with Crippen molar-refractivity contribution in [2.45, 2.75) is 43.7 Å². The number of hydrogen-bond donors (Lipinski definition) is 1. The quantitative estimate of drug-likeness (QED) is 0.637. The van der Waals surface area contributed by atoms with Gasteiger partial charge in [0.05, 0.1) is 13.2 Å². The summed E-state index contributed by atoms with van der Waals surface area (Å²) in [5.41, 5.74) is 1.19. The summed E-state index contributed by atoms with van der Waals surface area (Å²) in [5.74, 6) is 6.49. The predicted octanol–water partition coefficient (Wildman–Crippen LogP) is 2.38. The third-order valence-corrected chi connectivity index (χ3v) is 8.41. The Labute approximate surface area is 207 Å². The van der Waals surface area contributed by atoms with Gasteiger partial charge < -0.3 is 14.7 Å². The number of fused-ring (bicyclic) bond motifs is 1. The molecule has 2 aromatic rings. The topological polar surface area (TPSA) is 100 Å². The first-order valence-corrected chi connectivity index (χ1v) is 13.2. The average Bonchev–Trinajstić information content (AvgIpc) is 3.69. The van der Waals surface area contributed by atoms with Crippen LogP contribution in [0.25, 0.3) is 0 Å². The maximum absolute atomic E-state index is 13.6. The van der Waals surface area contributed by atoms with E-state index in [1.54, 1.807) is 55.5 Å². The Morgan fingerprint density at radius 2 is 2.00 bits per heavy atom. The van der Waals surface area contributed by atoms with E-state index in [1.807, 2.05) is 6.92 Å². The Bertz CT molecular complexity index is 1230. The molecule has 8 nitrogen and oxygen atoms in total. The van der Waals surface area contributed by atoms with Crippen molar-refractivity contribution in [3.63, 3.8) is 0 Å². The first kappa shape index (κ1) is 25.2. The maximum Gasteiger partial charge on any atom is 0.253 e. The van der Waals surface area contributed by atoms with E-state index in [4.69, 9.17) is 4.74 Å². The van der Waals surface area contributed by atoms with E-state index in [1.165, 1.54) is 10.4 Å². The van der Waals surface area contributed by atoms with Crippen LogP contribution in [0, 0.1) is 23.7 Å². The fourth-order valence-corrected chi connectivity index (χ4v) is 5.83. The van der Waals surface area contributed by atoms with Crippen molar-refractivity contribution in [2.75, 3.05) is 26.7 Å².